The zero-order valence-electron chi connectivity index (χ0n) is 32.3. The van der Waals surface area contributed by atoms with Gasteiger partial charge in [-0.1, -0.05) is 115 Å². The number of hydrogen-bond acceptors (Lipinski definition) is 2. The molecule has 54 heavy (non-hydrogen) atoms. The van der Waals surface area contributed by atoms with E-state index in [2.05, 4.69) is 185 Å². The first kappa shape index (κ1) is 37.3. The zero-order valence-corrected chi connectivity index (χ0v) is 34.6. The van der Waals surface area contributed by atoms with E-state index < -0.39 is 0 Å². The molecule has 0 spiro atoms. The predicted molar refractivity (Wildman–Crippen MR) is 220 cm³/mol. The molecule has 0 N–H and O–H groups in total. The molecule has 0 unspecified atom stereocenters. The van der Waals surface area contributed by atoms with Gasteiger partial charge in [-0.2, -0.15) is 0 Å². The first-order valence-corrected chi connectivity index (χ1v) is 19.0. The Hall–Kier alpha value is -4.99. The van der Waals surface area contributed by atoms with Crippen LogP contribution in [0.25, 0.3) is 61.6 Å². The van der Waals surface area contributed by atoms with Gasteiger partial charge >= 0.3 is 21.1 Å². The van der Waals surface area contributed by atoms with E-state index in [0.29, 0.717) is 23.7 Å². The van der Waals surface area contributed by atoms with Gasteiger partial charge in [0, 0.05) is 41.7 Å². The normalized spacial score (nSPS) is 11.9. The van der Waals surface area contributed by atoms with Crippen molar-refractivity contribution >= 4 is 21.8 Å². The van der Waals surface area contributed by atoms with Crippen molar-refractivity contribution in [3.63, 3.8) is 0 Å². The maximum absolute atomic E-state index is 4.96. The van der Waals surface area contributed by atoms with Crippen molar-refractivity contribution in [2.24, 2.45) is 0 Å². The van der Waals surface area contributed by atoms with Crippen molar-refractivity contribution in [3.05, 3.63) is 150 Å². The third-order valence-electron chi connectivity index (χ3n) is 10.5. The van der Waals surface area contributed by atoms with Crippen LogP contribution >= 0.6 is 0 Å². The van der Waals surface area contributed by atoms with Gasteiger partial charge in [0.15, 0.2) is 0 Å². The monoisotopic (exact) mass is 888 g/mol. The minimum atomic E-state index is 0. The summed E-state index contributed by atoms with van der Waals surface area (Å²) in [6.07, 6.45) is 8.00. The third kappa shape index (κ3) is 6.37. The zero-order chi connectivity index (χ0) is 37.0. The molecule has 5 aromatic carbocycles. The van der Waals surface area contributed by atoms with E-state index in [9.17, 15) is 0 Å². The van der Waals surface area contributed by atoms with Gasteiger partial charge in [-0.05, 0) is 68.6 Å². The Balaban J connectivity index is 0.00000450. The number of fused-ring (bicyclic) bond motifs is 3. The predicted octanol–water partition coefficient (Wildman–Crippen LogP) is 12.6. The number of benzene rings is 5. The molecule has 3 aromatic heterocycles. The van der Waals surface area contributed by atoms with E-state index >= 15 is 0 Å². The first-order valence-electron chi connectivity index (χ1n) is 19.0. The van der Waals surface area contributed by atoms with Gasteiger partial charge in [0.05, 0.1) is 11.6 Å². The number of aromatic nitrogens is 5. The Bertz CT molecular complexity index is 2540. The average molecular weight is 889 g/mol. The van der Waals surface area contributed by atoms with Gasteiger partial charge in [-0.25, -0.2) is 0 Å². The van der Waals surface area contributed by atoms with Gasteiger partial charge in [-0.15, -0.1) is 53.6 Å². The maximum atomic E-state index is 4.96. The molecule has 0 saturated heterocycles. The molecule has 0 fully saturated rings. The molecular weight excluding hydrogens is 842 g/mol. The van der Waals surface area contributed by atoms with Crippen LogP contribution < -0.4 is 0 Å². The van der Waals surface area contributed by atoms with E-state index in [1.54, 1.807) is 0 Å². The number of rotatable bonds is 9. The molecule has 3 heterocycles. The van der Waals surface area contributed by atoms with Crippen molar-refractivity contribution in [1.82, 2.24) is 23.7 Å². The summed E-state index contributed by atoms with van der Waals surface area (Å²) in [5.74, 6) is 3.21. The minimum absolute atomic E-state index is 0. The number of imidazole rings is 2. The van der Waals surface area contributed by atoms with Crippen molar-refractivity contribution in [1.29, 1.82) is 0 Å². The third-order valence-corrected chi connectivity index (χ3v) is 10.5. The molecular formula is C48H47N5Pt. The van der Waals surface area contributed by atoms with Crippen LogP contribution in [0.2, 0.25) is 0 Å². The second kappa shape index (κ2) is 15.0. The molecule has 8 aromatic rings. The second-order valence-corrected chi connectivity index (χ2v) is 15.4. The van der Waals surface area contributed by atoms with Crippen LogP contribution in [-0.2, 0) is 21.1 Å². The molecule has 8 rings (SSSR count). The molecule has 6 heteroatoms. The fourth-order valence-corrected chi connectivity index (χ4v) is 7.94. The van der Waals surface area contributed by atoms with Crippen LogP contribution in [0, 0.1) is 12.1 Å². The van der Waals surface area contributed by atoms with Gasteiger partial charge in [0.1, 0.15) is 0 Å². The van der Waals surface area contributed by atoms with E-state index in [-0.39, 0.29) is 21.1 Å². The summed E-state index contributed by atoms with van der Waals surface area (Å²) in [7, 11) is 0. The topological polar surface area (TPSA) is 40.6 Å². The van der Waals surface area contributed by atoms with Crippen LogP contribution in [-0.4, -0.2) is 23.7 Å². The summed E-state index contributed by atoms with van der Waals surface area (Å²) in [5, 5.41) is 2.31. The summed E-state index contributed by atoms with van der Waals surface area (Å²) in [4.78, 5) is 9.90. The number of nitrogens with zero attached hydrogens (tertiary/aromatic N) is 5. The summed E-state index contributed by atoms with van der Waals surface area (Å²) in [6, 6.07) is 40.4. The Morgan fingerprint density at radius 3 is 1.48 bits per heavy atom. The van der Waals surface area contributed by atoms with Crippen molar-refractivity contribution in [2.45, 2.75) is 79.1 Å². The summed E-state index contributed by atoms with van der Waals surface area (Å²) in [6.45, 7) is 18.1. The summed E-state index contributed by atoms with van der Waals surface area (Å²) < 4.78 is 6.82. The minimum Gasteiger partial charge on any atom is -0.346 e. The average Bonchev–Trinajstić information content (AvgIpc) is 3.92. The fourth-order valence-electron chi connectivity index (χ4n) is 7.94. The fraction of sp³-hybridized carbons (Fsp3) is 0.250. The molecule has 0 saturated carbocycles. The maximum Gasteiger partial charge on any atom is 2.00 e. The molecule has 0 bridgehead atoms. The van der Waals surface area contributed by atoms with Crippen molar-refractivity contribution in [2.75, 3.05) is 0 Å². The van der Waals surface area contributed by atoms with Crippen LogP contribution in [0.15, 0.2) is 116 Å². The van der Waals surface area contributed by atoms with E-state index in [4.69, 9.17) is 9.97 Å². The first-order chi connectivity index (χ1) is 25.6. The van der Waals surface area contributed by atoms with Gasteiger partial charge in [0.25, 0.3) is 0 Å². The molecule has 0 aliphatic carbocycles. The van der Waals surface area contributed by atoms with Gasteiger partial charge < -0.3 is 13.7 Å². The molecule has 0 atom stereocenters. The molecule has 0 aliphatic heterocycles. The largest absolute Gasteiger partial charge is 2.00 e. The molecule has 0 radical (unpaired) electrons. The van der Waals surface area contributed by atoms with Gasteiger partial charge in [0.2, 0.25) is 0 Å². The van der Waals surface area contributed by atoms with Crippen LogP contribution in [0.1, 0.15) is 101 Å². The van der Waals surface area contributed by atoms with E-state index in [0.717, 1.165) is 44.9 Å². The molecule has 274 valence electrons. The Morgan fingerprint density at radius 2 is 0.963 bits per heavy atom. The molecule has 0 amide bonds. The number of para-hydroxylation sites is 3. The molecule has 0 aliphatic rings. The Labute approximate surface area is 334 Å². The van der Waals surface area contributed by atoms with E-state index in [1.165, 1.54) is 39.0 Å². The van der Waals surface area contributed by atoms with Crippen molar-refractivity contribution < 1.29 is 21.1 Å². The Morgan fingerprint density at radius 1 is 0.481 bits per heavy atom. The smallest absolute Gasteiger partial charge is 0.346 e. The molecule has 5 nitrogen and oxygen atoms in total. The van der Waals surface area contributed by atoms with E-state index in [1.807, 2.05) is 12.4 Å². The second-order valence-electron chi connectivity index (χ2n) is 15.4. The quantitative estimate of drug-likeness (QED) is 0.136. The van der Waals surface area contributed by atoms with Crippen LogP contribution in [0.4, 0.5) is 0 Å². The summed E-state index contributed by atoms with van der Waals surface area (Å²) in [5.41, 5.74) is 12.6. The Kier molecular flexibility index (Phi) is 10.4. The SMILES string of the molecule is CC(C)c1cccc(C(C)C)c1-n1ccnc1-c1[c-]c(-n2c3[c-]c(-c4nccn4-c4c(C(C)C)cccc4C(C)C)ccc3c3ccccc32)ccc1.[Pt+2]. The summed E-state index contributed by atoms with van der Waals surface area (Å²) >= 11 is 0. The van der Waals surface area contributed by atoms with Crippen LogP contribution in [0.3, 0.4) is 0 Å². The van der Waals surface area contributed by atoms with Crippen molar-refractivity contribution in [3.8, 4) is 39.8 Å². The van der Waals surface area contributed by atoms with Crippen LogP contribution in [0.5, 0.6) is 0 Å². The number of hydrogen-bond donors (Lipinski definition) is 0. The van der Waals surface area contributed by atoms with Gasteiger partial charge in [-0.3, -0.25) is 9.97 Å². The standard InChI is InChI=1S/C48H47N5.Pt/c1-30(2)37-17-12-18-38(31(3)4)45(37)51-26-24-49-47(51)34-14-11-15-36(28-34)53-43-21-10-9-16-41(43)42-23-22-35(29-44(42)53)48-50-25-27-52(48)46-39(32(5)6)19-13-20-40(46)33(7)8;/h9-27,30-33H,1-8H3;/q-2;+2.